The third kappa shape index (κ3) is 5.02. The lowest BCUT2D eigenvalue weighted by Crippen LogP contribution is -2.32. The number of nitrogens with zero attached hydrogens (tertiary/aromatic N) is 4. The molecular weight excluding hydrogens is 685 g/mol. The summed E-state index contributed by atoms with van der Waals surface area (Å²) in [5.74, 6) is 3.41. The van der Waals surface area contributed by atoms with Crippen LogP contribution in [0.4, 0.5) is 0 Å². The number of benzene rings is 7. The van der Waals surface area contributed by atoms with Crippen LogP contribution in [0.25, 0.3) is 67.7 Å². The van der Waals surface area contributed by atoms with Crippen molar-refractivity contribution in [1.29, 1.82) is 0 Å². The van der Waals surface area contributed by atoms with Gasteiger partial charge in [-0.1, -0.05) is 164 Å². The van der Waals surface area contributed by atoms with E-state index in [9.17, 15) is 0 Å². The first kappa shape index (κ1) is 32.0. The van der Waals surface area contributed by atoms with Gasteiger partial charge in [-0.2, -0.15) is 0 Å². The van der Waals surface area contributed by atoms with Crippen molar-refractivity contribution in [3.8, 4) is 79.2 Å². The van der Waals surface area contributed by atoms with E-state index in [0.29, 0.717) is 17.5 Å². The Morgan fingerprint density at radius 2 is 0.804 bits per heavy atom. The second-order valence-electron chi connectivity index (χ2n) is 14.2. The van der Waals surface area contributed by atoms with Crippen LogP contribution in [0, 0.1) is 0 Å². The van der Waals surface area contributed by atoms with Crippen molar-refractivity contribution in [2.24, 2.45) is 0 Å². The molecule has 9 aromatic rings. The van der Waals surface area contributed by atoms with E-state index in [2.05, 4.69) is 114 Å². The summed E-state index contributed by atoms with van der Waals surface area (Å²) in [7, 11) is 0. The molecule has 0 saturated heterocycles. The van der Waals surface area contributed by atoms with E-state index in [-0.39, 0.29) is 0 Å². The van der Waals surface area contributed by atoms with E-state index in [4.69, 9.17) is 19.7 Å². The molecule has 0 saturated carbocycles. The molecule has 0 unspecified atom stereocenters. The zero-order valence-electron chi connectivity index (χ0n) is 30.2. The summed E-state index contributed by atoms with van der Waals surface area (Å²) in [6.07, 6.45) is 1.83. The minimum Gasteiger partial charge on any atom is -0.457 e. The lowest BCUT2D eigenvalue weighted by atomic mass is 9.66. The SMILES string of the molecule is c1ccc(-c2nc(-c3ccccc3)nc(-c3ccc4c(c3)Oc3cc(-c5ccc(-c6ccccn6)cc5)ccc3C43c4ccccc4-c4ccccc43)n2)cc1. The summed E-state index contributed by atoms with van der Waals surface area (Å²) in [5.41, 5.74) is 13.4. The molecule has 0 amide bonds. The molecule has 262 valence electrons. The van der Waals surface area contributed by atoms with E-state index < -0.39 is 5.41 Å². The first-order valence-corrected chi connectivity index (χ1v) is 18.8. The highest BCUT2D eigenvalue weighted by Gasteiger charge is 2.51. The minimum atomic E-state index is -0.598. The van der Waals surface area contributed by atoms with E-state index >= 15 is 0 Å². The lowest BCUT2D eigenvalue weighted by Gasteiger charge is -2.39. The first-order valence-electron chi connectivity index (χ1n) is 18.8. The molecule has 0 radical (unpaired) electrons. The molecular formula is C51H32N4O. The highest BCUT2D eigenvalue weighted by atomic mass is 16.5. The van der Waals surface area contributed by atoms with Crippen molar-refractivity contribution in [2.45, 2.75) is 5.41 Å². The summed E-state index contributed by atoms with van der Waals surface area (Å²) in [6, 6.07) is 65.4. The molecule has 56 heavy (non-hydrogen) atoms. The second-order valence-corrected chi connectivity index (χ2v) is 14.2. The molecule has 5 heteroatoms. The molecule has 0 bridgehead atoms. The number of ether oxygens (including phenoxy) is 1. The number of pyridine rings is 1. The Bertz CT molecular complexity index is 2830. The predicted octanol–water partition coefficient (Wildman–Crippen LogP) is 12.1. The van der Waals surface area contributed by atoms with Gasteiger partial charge < -0.3 is 4.74 Å². The molecule has 11 rings (SSSR count). The van der Waals surface area contributed by atoms with Gasteiger partial charge in [0.1, 0.15) is 11.5 Å². The average Bonchev–Trinajstić information content (AvgIpc) is 3.57. The molecule has 0 N–H and O–H groups in total. The Labute approximate surface area is 324 Å². The first-order chi connectivity index (χ1) is 27.7. The maximum Gasteiger partial charge on any atom is 0.164 e. The van der Waals surface area contributed by atoms with Crippen LogP contribution < -0.4 is 4.74 Å². The molecule has 2 aliphatic rings. The normalized spacial score (nSPS) is 12.9. The molecule has 3 heterocycles. The van der Waals surface area contributed by atoms with E-state index in [1.807, 2.05) is 85.1 Å². The highest BCUT2D eigenvalue weighted by Crippen LogP contribution is 2.62. The van der Waals surface area contributed by atoms with Gasteiger partial charge in [-0.3, -0.25) is 4.98 Å². The molecule has 1 aliphatic carbocycles. The van der Waals surface area contributed by atoms with Gasteiger partial charge in [0.2, 0.25) is 0 Å². The number of rotatable bonds is 5. The van der Waals surface area contributed by atoms with Gasteiger partial charge in [0.05, 0.1) is 11.1 Å². The van der Waals surface area contributed by atoms with Crippen LogP contribution in [-0.4, -0.2) is 19.9 Å². The molecule has 5 nitrogen and oxygen atoms in total. The zero-order valence-corrected chi connectivity index (χ0v) is 30.2. The van der Waals surface area contributed by atoms with E-state index in [0.717, 1.165) is 61.7 Å². The number of aromatic nitrogens is 4. The van der Waals surface area contributed by atoms with Crippen molar-refractivity contribution in [1.82, 2.24) is 19.9 Å². The summed E-state index contributed by atoms with van der Waals surface area (Å²) >= 11 is 0. The molecule has 1 aliphatic heterocycles. The van der Waals surface area contributed by atoms with Crippen molar-refractivity contribution in [3.63, 3.8) is 0 Å². The molecule has 1 spiro atoms. The molecule has 0 fully saturated rings. The van der Waals surface area contributed by atoms with Gasteiger partial charge in [0.15, 0.2) is 17.5 Å². The van der Waals surface area contributed by atoms with Crippen molar-refractivity contribution >= 4 is 0 Å². The van der Waals surface area contributed by atoms with Crippen LogP contribution in [0.1, 0.15) is 22.3 Å². The Balaban J connectivity index is 1.10. The van der Waals surface area contributed by atoms with E-state index in [1.165, 1.54) is 22.3 Å². The number of fused-ring (bicyclic) bond motifs is 9. The van der Waals surface area contributed by atoms with E-state index in [1.54, 1.807) is 0 Å². The largest absolute Gasteiger partial charge is 0.457 e. The van der Waals surface area contributed by atoms with Crippen LogP contribution in [0.5, 0.6) is 11.5 Å². The smallest absolute Gasteiger partial charge is 0.164 e. The van der Waals surface area contributed by atoms with Gasteiger partial charge in [-0.05, 0) is 57.6 Å². The van der Waals surface area contributed by atoms with Crippen molar-refractivity contribution in [2.75, 3.05) is 0 Å². The molecule has 7 aromatic carbocycles. The average molecular weight is 717 g/mol. The molecule has 0 atom stereocenters. The van der Waals surface area contributed by atoms with Crippen LogP contribution in [0.2, 0.25) is 0 Å². The standard InChI is InChI=1S/C51H32N4O/c1-3-13-35(14-4-1)48-53-49(36-15-5-2-6-16-36)55-50(54-48)38-27-29-44-47(32-38)56-46-31-37(33-22-24-34(25-23-33)45-21-11-12-30-52-45)26-28-43(46)51(44)41-19-9-7-17-39(41)40-18-8-10-20-42(40)51/h1-32H. The Kier molecular flexibility index (Phi) is 7.32. The van der Waals surface area contributed by atoms with Gasteiger partial charge >= 0.3 is 0 Å². The monoisotopic (exact) mass is 716 g/mol. The van der Waals surface area contributed by atoms with Crippen LogP contribution in [-0.2, 0) is 5.41 Å². The summed E-state index contributed by atoms with van der Waals surface area (Å²) < 4.78 is 7.06. The maximum atomic E-state index is 7.06. The van der Waals surface area contributed by atoms with Crippen molar-refractivity contribution in [3.05, 3.63) is 217 Å². The summed E-state index contributed by atoms with van der Waals surface area (Å²) in [5, 5.41) is 0. The van der Waals surface area contributed by atoms with Crippen LogP contribution >= 0.6 is 0 Å². The zero-order chi connectivity index (χ0) is 37.1. The summed E-state index contributed by atoms with van der Waals surface area (Å²) in [6.45, 7) is 0. The Morgan fingerprint density at radius 3 is 1.38 bits per heavy atom. The second kappa shape index (κ2) is 12.8. The third-order valence-electron chi connectivity index (χ3n) is 11.1. The van der Waals surface area contributed by atoms with Gasteiger partial charge in [-0.25, -0.2) is 15.0 Å². The van der Waals surface area contributed by atoms with Gasteiger partial charge in [-0.15, -0.1) is 0 Å². The Hall–Kier alpha value is -7.50. The van der Waals surface area contributed by atoms with Crippen molar-refractivity contribution < 1.29 is 4.74 Å². The maximum absolute atomic E-state index is 7.06. The summed E-state index contributed by atoms with van der Waals surface area (Å²) in [4.78, 5) is 19.6. The highest BCUT2D eigenvalue weighted by molar-refractivity contribution is 5.89. The minimum absolute atomic E-state index is 0.581. The fraction of sp³-hybridized carbons (Fsp3) is 0.0196. The molecule has 2 aromatic heterocycles. The fourth-order valence-corrected chi connectivity index (χ4v) is 8.54. The predicted molar refractivity (Wildman–Crippen MR) is 222 cm³/mol. The fourth-order valence-electron chi connectivity index (χ4n) is 8.54. The van der Waals surface area contributed by atoms with Crippen LogP contribution in [0.3, 0.4) is 0 Å². The number of hydrogen-bond acceptors (Lipinski definition) is 5. The topological polar surface area (TPSA) is 60.8 Å². The third-order valence-corrected chi connectivity index (χ3v) is 11.1. The van der Waals surface area contributed by atoms with Gasteiger partial charge in [0.25, 0.3) is 0 Å². The number of hydrogen-bond donors (Lipinski definition) is 0. The van der Waals surface area contributed by atoms with Crippen LogP contribution in [0.15, 0.2) is 194 Å². The lowest BCUT2D eigenvalue weighted by molar-refractivity contribution is 0.437. The Morgan fingerprint density at radius 1 is 0.339 bits per heavy atom. The van der Waals surface area contributed by atoms with Gasteiger partial charge in [0, 0.05) is 39.6 Å². The quantitative estimate of drug-likeness (QED) is 0.177.